The van der Waals surface area contributed by atoms with Crippen LogP contribution in [-0.2, 0) is 14.5 Å². The Balaban J connectivity index is -0.0000000104. The Bertz CT molecular complexity index is 98.0. The van der Waals surface area contributed by atoms with Crippen LogP contribution in [0.4, 0.5) is 0 Å². The summed E-state index contributed by atoms with van der Waals surface area (Å²) < 4.78 is 0. The van der Waals surface area contributed by atoms with E-state index in [1.807, 2.05) is 0 Å². The van der Waals surface area contributed by atoms with Gasteiger partial charge in [-0.15, -0.1) is 0 Å². The molecule has 8 nitrogen and oxygen atoms in total. The van der Waals surface area contributed by atoms with Crippen molar-refractivity contribution in [1.29, 1.82) is 0 Å². The molecule has 0 atom stereocenters. The number of carbonyl (C=O) groups excluding carboxylic acids is 1. The first-order chi connectivity index (χ1) is 4.00. The van der Waals surface area contributed by atoms with Gasteiger partial charge in [0.2, 0.25) is 0 Å². The van der Waals surface area contributed by atoms with Crippen molar-refractivity contribution in [2.75, 3.05) is 0 Å². The van der Waals surface area contributed by atoms with Crippen molar-refractivity contribution in [2.24, 2.45) is 0 Å². The molecule has 0 aromatic rings. The zero-order chi connectivity index (χ0) is 7.86. The quantitative estimate of drug-likeness (QED) is 0.389. The molecule has 0 saturated carbocycles. The van der Waals surface area contributed by atoms with Crippen LogP contribution in [-0.4, -0.2) is 38.7 Å². The third-order valence-electron chi connectivity index (χ3n) is 0.129. The molecule has 0 rings (SSSR count). The summed E-state index contributed by atoms with van der Waals surface area (Å²) in [7, 11) is 0. The van der Waals surface area contributed by atoms with Crippen LogP contribution in [0.5, 0.6) is 0 Å². The highest BCUT2D eigenvalue weighted by molar-refractivity contribution is 5.64. The zero-order valence-corrected chi connectivity index (χ0v) is 6.62. The Labute approximate surface area is 83.0 Å². The van der Waals surface area contributed by atoms with Gasteiger partial charge in [-0.1, -0.05) is 14.9 Å². The Morgan fingerprint density at radius 2 is 1.07 bits per heavy atom. The van der Waals surface area contributed by atoms with Crippen molar-refractivity contribution in [1.82, 2.24) is 0 Å². The van der Waals surface area contributed by atoms with Gasteiger partial charge in [-0.05, 0) is 0 Å². The van der Waals surface area contributed by atoms with E-state index in [9.17, 15) is 4.79 Å². The lowest BCUT2D eigenvalue weighted by molar-refractivity contribution is -0.231. The first kappa shape index (κ1) is 53.1. The van der Waals surface area contributed by atoms with Gasteiger partial charge in [0.05, 0.1) is 0 Å². The molecule has 0 saturated heterocycles. The number of carboxylic acid groups (broad SMARTS) is 1. The summed E-state index contributed by atoms with van der Waals surface area (Å²) in [5.74, 6) is -1.52. The first-order valence-corrected chi connectivity index (χ1v) is 2.02. The molecular formula is C6H22O8. The average molecular weight is 222 g/mol. The highest BCUT2D eigenvalue weighted by Crippen LogP contribution is 1.59. The summed E-state index contributed by atoms with van der Waals surface area (Å²) in [6.07, 6.45) is 0. The van der Waals surface area contributed by atoms with Gasteiger partial charge in [-0.3, -0.25) is 4.79 Å². The molecule has 0 spiro atoms. The second-order valence-electron chi connectivity index (χ2n) is 1.10. The van der Waals surface area contributed by atoms with E-state index in [0.29, 0.717) is 0 Å². The van der Waals surface area contributed by atoms with E-state index in [-0.39, 0.29) is 31.3 Å². The molecule has 8 heteroatoms. The van der Waals surface area contributed by atoms with E-state index in [1.54, 1.807) is 0 Å². The fourth-order valence-corrected chi connectivity index (χ4v) is 0. The van der Waals surface area contributed by atoms with Gasteiger partial charge < -0.3 is 26.4 Å². The molecule has 8 N–H and O–H groups in total. The first-order valence-electron chi connectivity index (χ1n) is 2.02. The summed E-state index contributed by atoms with van der Waals surface area (Å²) in [5.41, 5.74) is 0. The van der Waals surface area contributed by atoms with Crippen molar-refractivity contribution >= 4 is 11.9 Å². The monoisotopic (exact) mass is 222 g/mol. The van der Waals surface area contributed by atoms with Gasteiger partial charge in [0.25, 0.3) is 5.97 Å². The van der Waals surface area contributed by atoms with Crippen molar-refractivity contribution in [3.8, 4) is 0 Å². The van der Waals surface area contributed by atoms with Crippen LogP contribution in [0.3, 0.4) is 0 Å². The number of aliphatic carboxylic acids is 1. The minimum atomic E-state index is -0.833. The van der Waals surface area contributed by atoms with Crippen molar-refractivity contribution in [3.63, 3.8) is 0 Å². The van der Waals surface area contributed by atoms with Gasteiger partial charge >= 0.3 is 5.97 Å². The number of rotatable bonds is 0. The van der Waals surface area contributed by atoms with E-state index in [0.717, 1.165) is 13.8 Å². The van der Waals surface area contributed by atoms with E-state index in [2.05, 4.69) is 4.89 Å². The Kier molecular flexibility index (Phi) is 155. The third kappa shape index (κ3) is 1690. The minimum absolute atomic E-state index is 0. The maximum atomic E-state index is 9.34. The predicted octanol–water partition coefficient (Wildman–Crippen LogP) is -1.09. The van der Waals surface area contributed by atoms with Gasteiger partial charge in [0.15, 0.2) is 0 Å². The molecule has 0 amide bonds. The number of hydrogen-bond donors (Lipinski definition) is 2. The summed E-state index contributed by atoms with van der Waals surface area (Å²) in [6, 6.07) is 0. The molecule has 0 aromatic carbocycles. The highest BCUT2D eigenvalue weighted by Gasteiger charge is 1.79. The van der Waals surface area contributed by atoms with Gasteiger partial charge in [-0.2, -0.15) is 5.26 Å². The van der Waals surface area contributed by atoms with Crippen LogP contribution in [0.15, 0.2) is 0 Å². The lowest BCUT2D eigenvalue weighted by atomic mass is 10.9. The molecule has 0 fully saturated rings. The number of hydrogen-bond acceptors (Lipinski definition) is 4. The lowest BCUT2D eigenvalue weighted by Crippen LogP contribution is -1.89. The zero-order valence-electron chi connectivity index (χ0n) is 6.62. The topological polar surface area (TPSA) is 178 Å². The van der Waals surface area contributed by atoms with E-state index < -0.39 is 11.9 Å². The van der Waals surface area contributed by atoms with Crippen LogP contribution in [0.25, 0.3) is 0 Å². The van der Waals surface area contributed by atoms with E-state index in [4.69, 9.17) is 15.2 Å². The van der Waals surface area contributed by atoms with Crippen LogP contribution in [0.1, 0.15) is 28.7 Å². The molecule has 0 aliphatic heterocycles. The molecule has 0 aliphatic carbocycles. The third-order valence-corrected chi connectivity index (χ3v) is 0.129. The van der Waals surface area contributed by atoms with Crippen LogP contribution < -0.4 is 0 Å². The van der Waals surface area contributed by atoms with Crippen LogP contribution >= 0.6 is 0 Å². The second-order valence-corrected chi connectivity index (χ2v) is 1.10. The molecular weight excluding hydrogens is 200 g/mol. The SMILES string of the molecule is C.C.CC(=O)O.CC(=O)OO.O.O.O. The summed E-state index contributed by atoms with van der Waals surface area (Å²) >= 11 is 0. The molecule has 0 aliphatic rings. The normalized spacial score (nSPS) is 4.21. The van der Waals surface area contributed by atoms with Gasteiger partial charge in [0, 0.05) is 13.8 Å². The maximum Gasteiger partial charge on any atom is 0.339 e. The maximum absolute atomic E-state index is 9.34. The largest absolute Gasteiger partial charge is 0.481 e. The fraction of sp³-hybridized carbons (Fsp3) is 0.667. The summed E-state index contributed by atoms with van der Waals surface area (Å²) in [6.45, 7) is 2.19. The highest BCUT2D eigenvalue weighted by atomic mass is 17.1. The fourth-order valence-electron chi connectivity index (χ4n) is 0. The van der Waals surface area contributed by atoms with Crippen LogP contribution in [0, 0.1) is 0 Å². The minimum Gasteiger partial charge on any atom is -0.481 e. The molecule has 0 heterocycles. The van der Waals surface area contributed by atoms with Crippen molar-refractivity contribution in [3.05, 3.63) is 0 Å². The molecule has 14 heavy (non-hydrogen) atoms. The lowest BCUT2D eigenvalue weighted by Gasteiger charge is -1.76. The summed E-state index contributed by atoms with van der Waals surface area (Å²) in [4.78, 5) is 21.5. The van der Waals surface area contributed by atoms with Crippen molar-refractivity contribution in [2.45, 2.75) is 28.7 Å². The number of carbonyl (C=O) groups is 2. The van der Waals surface area contributed by atoms with Gasteiger partial charge in [0.1, 0.15) is 0 Å². The van der Waals surface area contributed by atoms with E-state index in [1.165, 1.54) is 0 Å². The predicted molar refractivity (Wildman–Crippen MR) is 52.0 cm³/mol. The molecule has 0 aromatic heterocycles. The smallest absolute Gasteiger partial charge is 0.339 e. The Morgan fingerprint density at radius 1 is 1.00 bits per heavy atom. The van der Waals surface area contributed by atoms with Crippen molar-refractivity contribution < 1.29 is 41.3 Å². The molecule has 0 radical (unpaired) electrons. The Hall–Kier alpha value is -1.22. The Morgan fingerprint density at radius 3 is 1.07 bits per heavy atom. The van der Waals surface area contributed by atoms with E-state index >= 15 is 0 Å². The standard InChI is InChI=1S/C2H4O3.C2H4O2.2CH4.3H2O/c1-2(3)5-4;1-2(3)4;;;;;/h4H,1H3;1H3,(H,3,4);2*1H4;3*1H2. The number of carboxylic acids is 1. The summed E-state index contributed by atoms with van der Waals surface area (Å²) in [5, 5.41) is 14.7. The molecule has 0 bridgehead atoms. The van der Waals surface area contributed by atoms with Crippen LogP contribution in [0.2, 0.25) is 0 Å². The molecule has 94 valence electrons. The second kappa shape index (κ2) is 41.0. The van der Waals surface area contributed by atoms with Gasteiger partial charge in [-0.25, -0.2) is 4.79 Å². The molecule has 0 unspecified atom stereocenters. The average Bonchev–Trinajstić information content (AvgIpc) is 1.65.